The summed E-state index contributed by atoms with van der Waals surface area (Å²) in [6, 6.07) is 10.8. The minimum atomic E-state index is -0.731. The number of carbonyl (C=O) groups is 1. The highest BCUT2D eigenvalue weighted by atomic mass is 35.5. The zero-order valence-corrected chi connectivity index (χ0v) is 13.1. The van der Waals surface area contributed by atoms with E-state index in [4.69, 9.17) is 21.1 Å². The van der Waals surface area contributed by atoms with E-state index in [1.807, 2.05) is 13.0 Å². The van der Waals surface area contributed by atoms with Gasteiger partial charge in [-0.15, -0.1) is 0 Å². The van der Waals surface area contributed by atoms with Crippen molar-refractivity contribution in [3.63, 3.8) is 0 Å². The van der Waals surface area contributed by atoms with Crippen LogP contribution in [0.3, 0.4) is 0 Å². The Morgan fingerprint density at radius 1 is 1.26 bits per heavy atom. The minimum absolute atomic E-state index is 0.0198. The molecular weight excluding hydrogens is 322 g/mol. The molecule has 0 atom stereocenters. The number of nitro benzene ring substituents is 1. The number of rotatable bonds is 6. The van der Waals surface area contributed by atoms with E-state index in [1.54, 1.807) is 18.2 Å². The number of benzene rings is 2. The molecule has 0 aromatic heterocycles. The monoisotopic (exact) mass is 335 g/mol. The van der Waals surface area contributed by atoms with E-state index in [1.165, 1.54) is 12.1 Å². The van der Waals surface area contributed by atoms with Crippen LogP contribution >= 0.6 is 11.6 Å². The summed E-state index contributed by atoms with van der Waals surface area (Å²) in [6.45, 7) is 2.32. The van der Waals surface area contributed by atoms with Crippen LogP contribution in [0.4, 0.5) is 5.69 Å². The van der Waals surface area contributed by atoms with E-state index >= 15 is 0 Å². The molecule has 6 nitrogen and oxygen atoms in total. The first kappa shape index (κ1) is 16.8. The van der Waals surface area contributed by atoms with Crippen molar-refractivity contribution in [2.75, 3.05) is 6.61 Å². The summed E-state index contributed by atoms with van der Waals surface area (Å²) in [5, 5.41) is 10.9. The number of para-hydroxylation sites is 1. The average Bonchev–Trinajstić information content (AvgIpc) is 2.54. The summed E-state index contributed by atoms with van der Waals surface area (Å²) in [6.07, 6.45) is 0. The third-order valence-corrected chi connectivity index (χ3v) is 3.34. The van der Waals surface area contributed by atoms with Crippen molar-refractivity contribution in [1.82, 2.24) is 0 Å². The van der Waals surface area contributed by atoms with Gasteiger partial charge in [-0.1, -0.05) is 29.8 Å². The molecule has 0 saturated heterocycles. The predicted molar refractivity (Wildman–Crippen MR) is 84.8 cm³/mol. The van der Waals surface area contributed by atoms with Crippen LogP contribution in [0.25, 0.3) is 0 Å². The smallest absolute Gasteiger partial charge is 0.340 e. The number of hydrogen-bond donors (Lipinski definition) is 0. The summed E-state index contributed by atoms with van der Waals surface area (Å²) in [7, 11) is 0. The molecule has 0 radical (unpaired) electrons. The second-order valence-corrected chi connectivity index (χ2v) is 4.95. The highest BCUT2D eigenvalue weighted by Gasteiger charge is 2.17. The topological polar surface area (TPSA) is 78.7 Å². The van der Waals surface area contributed by atoms with Gasteiger partial charge in [0.2, 0.25) is 0 Å². The zero-order chi connectivity index (χ0) is 16.8. The summed E-state index contributed by atoms with van der Waals surface area (Å²) in [4.78, 5) is 22.3. The number of carbonyl (C=O) groups excluding carboxylic acids is 1. The lowest BCUT2D eigenvalue weighted by Gasteiger charge is -2.11. The number of ether oxygens (including phenoxy) is 2. The Balaban J connectivity index is 2.14. The molecule has 2 rings (SSSR count). The van der Waals surface area contributed by atoms with Crippen LogP contribution in [0.2, 0.25) is 5.02 Å². The fourth-order valence-electron chi connectivity index (χ4n) is 1.92. The van der Waals surface area contributed by atoms with Crippen LogP contribution in [0, 0.1) is 10.1 Å². The van der Waals surface area contributed by atoms with Crippen LogP contribution < -0.4 is 4.74 Å². The number of non-ortho nitro benzene ring substituents is 1. The lowest BCUT2D eigenvalue weighted by molar-refractivity contribution is -0.384. The normalized spacial score (nSPS) is 10.2. The quantitative estimate of drug-likeness (QED) is 0.453. The lowest BCUT2D eigenvalue weighted by atomic mass is 10.2. The molecule has 0 aliphatic heterocycles. The summed E-state index contributed by atoms with van der Waals surface area (Å²) < 4.78 is 10.6. The molecule has 0 unspecified atom stereocenters. The molecule has 0 N–H and O–H groups in total. The third-order valence-electron chi connectivity index (χ3n) is 3.01. The van der Waals surface area contributed by atoms with Gasteiger partial charge >= 0.3 is 5.97 Å². The standard InChI is InChI=1S/C16H14ClNO5/c1-2-22-15-6-4-3-5-11(15)10-23-16(19)13-9-12(18(20)21)7-8-14(13)17/h3-9H,2,10H2,1H3. The van der Waals surface area contributed by atoms with Crippen molar-refractivity contribution >= 4 is 23.3 Å². The van der Waals surface area contributed by atoms with Crippen molar-refractivity contribution in [1.29, 1.82) is 0 Å². The lowest BCUT2D eigenvalue weighted by Crippen LogP contribution is -2.07. The van der Waals surface area contributed by atoms with E-state index in [0.29, 0.717) is 17.9 Å². The van der Waals surface area contributed by atoms with E-state index < -0.39 is 10.9 Å². The summed E-state index contributed by atoms with van der Waals surface area (Å²) in [5.41, 5.74) is 0.426. The molecule has 0 spiro atoms. The van der Waals surface area contributed by atoms with Gasteiger partial charge < -0.3 is 9.47 Å². The molecule has 0 fully saturated rings. The van der Waals surface area contributed by atoms with Gasteiger partial charge in [-0.2, -0.15) is 0 Å². The minimum Gasteiger partial charge on any atom is -0.493 e. The second kappa shape index (κ2) is 7.60. The Bertz CT molecular complexity index is 732. The molecule has 0 heterocycles. The van der Waals surface area contributed by atoms with Crippen molar-refractivity contribution in [2.24, 2.45) is 0 Å². The SMILES string of the molecule is CCOc1ccccc1COC(=O)c1cc([N+](=O)[O-])ccc1Cl. The highest BCUT2D eigenvalue weighted by Crippen LogP contribution is 2.24. The molecule has 2 aromatic rings. The van der Waals surface area contributed by atoms with Crippen LogP contribution in [-0.2, 0) is 11.3 Å². The molecule has 0 bridgehead atoms. The van der Waals surface area contributed by atoms with Gasteiger partial charge in [0.1, 0.15) is 12.4 Å². The first-order valence-electron chi connectivity index (χ1n) is 6.84. The maximum absolute atomic E-state index is 12.1. The second-order valence-electron chi connectivity index (χ2n) is 4.54. The predicted octanol–water partition coefficient (Wildman–Crippen LogP) is 4.00. The Morgan fingerprint density at radius 3 is 2.70 bits per heavy atom. The van der Waals surface area contributed by atoms with Gasteiger partial charge in [-0.3, -0.25) is 10.1 Å². The molecule has 120 valence electrons. The molecule has 0 saturated carbocycles. The largest absolute Gasteiger partial charge is 0.493 e. The van der Waals surface area contributed by atoms with Gasteiger partial charge in [-0.25, -0.2) is 4.79 Å². The molecule has 0 aliphatic rings. The average molecular weight is 336 g/mol. The summed E-state index contributed by atoms with van der Waals surface area (Å²) in [5.74, 6) is -0.113. The van der Waals surface area contributed by atoms with Gasteiger partial charge in [-0.05, 0) is 19.1 Å². The number of esters is 1. The third kappa shape index (κ3) is 4.20. The molecule has 23 heavy (non-hydrogen) atoms. The number of nitro groups is 1. The number of halogens is 1. The number of hydrogen-bond acceptors (Lipinski definition) is 5. The fraction of sp³-hybridized carbons (Fsp3) is 0.188. The highest BCUT2D eigenvalue weighted by molar-refractivity contribution is 6.33. The first-order chi connectivity index (χ1) is 11.0. The van der Waals surface area contributed by atoms with Gasteiger partial charge in [0, 0.05) is 17.7 Å². The van der Waals surface area contributed by atoms with E-state index in [0.717, 1.165) is 6.07 Å². The Morgan fingerprint density at radius 2 is 2.00 bits per heavy atom. The molecular formula is C16H14ClNO5. The van der Waals surface area contributed by atoms with Gasteiger partial charge in [0.05, 0.1) is 22.1 Å². The Kier molecular flexibility index (Phi) is 5.54. The molecule has 7 heteroatoms. The molecule has 2 aromatic carbocycles. The van der Waals surface area contributed by atoms with Crippen LogP contribution in [0.5, 0.6) is 5.75 Å². The fourth-order valence-corrected chi connectivity index (χ4v) is 2.12. The molecule has 0 amide bonds. The maximum Gasteiger partial charge on any atom is 0.340 e. The van der Waals surface area contributed by atoms with Gasteiger partial charge in [0.25, 0.3) is 5.69 Å². The molecule has 0 aliphatic carbocycles. The maximum atomic E-state index is 12.1. The van der Waals surface area contributed by atoms with Crippen LogP contribution in [0.1, 0.15) is 22.8 Å². The van der Waals surface area contributed by atoms with Crippen molar-refractivity contribution < 1.29 is 19.2 Å². The van der Waals surface area contributed by atoms with E-state index in [9.17, 15) is 14.9 Å². The van der Waals surface area contributed by atoms with E-state index in [-0.39, 0.29) is 22.9 Å². The van der Waals surface area contributed by atoms with E-state index in [2.05, 4.69) is 0 Å². The zero-order valence-electron chi connectivity index (χ0n) is 12.3. The Hall–Kier alpha value is -2.60. The van der Waals surface area contributed by atoms with Crippen molar-refractivity contribution in [3.05, 3.63) is 68.7 Å². The number of nitrogens with zero attached hydrogens (tertiary/aromatic N) is 1. The van der Waals surface area contributed by atoms with Crippen LogP contribution in [-0.4, -0.2) is 17.5 Å². The van der Waals surface area contributed by atoms with Crippen LogP contribution in [0.15, 0.2) is 42.5 Å². The van der Waals surface area contributed by atoms with Crippen molar-refractivity contribution in [2.45, 2.75) is 13.5 Å². The van der Waals surface area contributed by atoms with Crippen molar-refractivity contribution in [3.8, 4) is 5.75 Å². The first-order valence-corrected chi connectivity index (χ1v) is 7.22. The summed E-state index contributed by atoms with van der Waals surface area (Å²) >= 11 is 5.91. The van der Waals surface area contributed by atoms with Gasteiger partial charge in [0.15, 0.2) is 0 Å². The Labute approximate surface area is 137 Å².